The molecule has 1 heterocycles. The molecule has 2 N–H and O–H groups in total. The number of rotatable bonds is 6. The van der Waals surface area contributed by atoms with E-state index in [1.165, 1.54) is 12.8 Å². The van der Waals surface area contributed by atoms with Crippen molar-refractivity contribution in [3.8, 4) is 0 Å². The summed E-state index contributed by atoms with van der Waals surface area (Å²) in [5.41, 5.74) is 0.899. The highest BCUT2D eigenvalue weighted by Gasteiger charge is 2.26. The van der Waals surface area contributed by atoms with Crippen molar-refractivity contribution in [3.05, 3.63) is 18.0 Å². The van der Waals surface area contributed by atoms with E-state index in [-0.39, 0.29) is 18.0 Å². The molecular formula is C13H22N4O. The number of carbonyl (C=O) groups excluding carboxylic acids is 1. The highest BCUT2D eigenvalue weighted by Crippen LogP contribution is 2.33. The van der Waals surface area contributed by atoms with Gasteiger partial charge in [-0.3, -0.25) is 9.48 Å². The summed E-state index contributed by atoms with van der Waals surface area (Å²) in [7, 11) is 3.65. The number of hydrogen-bond donors (Lipinski definition) is 2. The Morgan fingerprint density at radius 2 is 2.33 bits per heavy atom. The number of nitrogens with zero attached hydrogens (tertiary/aromatic N) is 2. The van der Waals surface area contributed by atoms with Gasteiger partial charge in [-0.05, 0) is 26.3 Å². The Labute approximate surface area is 108 Å². The Morgan fingerprint density at radius 1 is 1.61 bits per heavy atom. The topological polar surface area (TPSA) is 59.0 Å². The number of aryl methyl sites for hydroxylation is 1. The second-order valence-electron chi connectivity index (χ2n) is 5.26. The van der Waals surface area contributed by atoms with Gasteiger partial charge in [0.15, 0.2) is 0 Å². The van der Waals surface area contributed by atoms with Gasteiger partial charge in [-0.1, -0.05) is 12.8 Å². The number of carbonyl (C=O) groups is 1. The number of hydrogen-bond acceptors (Lipinski definition) is 3. The first-order valence-electron chi connectivity index (χ1n) is 6.56. The molecule has 2 unspecified atom stereocenters. The van der Waals surface area contributed by atoms with Gasteiger partial charge in [0.2, 0.25) is 5.91 Å². The predicted octanol–water partition coefficient (Wildman–Crippen LogP) is 0.985. The Hall–Kier alpha value is -1.36. The minimum absolute atomic E-state index is 0.0265. The van der Waals surface area contributed by atoms with Crippen molar-refractivity contribution >= 4 is 5.91 Å². The van der Waals surface area contributed by atoms with E-state index < -0.39 is 0 Å². The van der Waals surface area contributed by atoms with E-state index in [0.29, 0.717) is 0 Å². The van der Waals surface area contributed by atoms with Crippen LogP contribution in [0.15, 0.2) is 12.4 Å². The molecule has 5 nitrogen and oxygen atoms in total. The Balaban J connectivity index is 1.92. The minimum Gasteiger partial charge on any atom is -0.352 e. The normalized spacial score (nSPS) is 18.4. The van der Waals surface area contributed by atoms with Crippen LogP contribution in [0.25, 0.3) is 0 Å². The molecule has 2 rings (SSSR count). The molecule has 1 aromatic heterocycles. The summed E-state index contributed by atoms with van der Waals surface area (Å²) in [6.07, 6.45) is 7.32. The van der Waals surface area contributed by atoms with Crippen LogP contribution < -0.4 is 10.6 Å². The number of amides is 1. The molecule has 1 aromatic rings. The van der Waals surface area contributed by atoms with Crippen LogP contribution in [-0.2, 0) is 11.8 Å². The van der Waals surface area contributed by atoms with Gasteiger partial charge < -0.3 is 10.6 Å². The maximum Gasteiger partial charge on any atom is 0.242 e. The third kappa shape index (κ3) is 3.32. The van der Waals surface area contributed by atoms with Gasteiger partial charge in [0.1, 0.15) is 6.04 Å². The van der Waals surface area contributed by atoms with Gasteiger partial charge in [0.05, 0.1) is 6.20 Å². The zero-order valence-corrected chi connectivity index (χ0v) is 11.3. The van der Waals surface area contributed by atoms with E-state index in [4.69, 9.17) is 0 Å². The van der Waals surface area contributed by atoms with Crippen molar-refractivity contribution in [2.75, 3.05) is 7.05 Å². The molecule has 0 saturated heterocycles. The van der Waals surface area contributed by atoms with E-state index in [9.17, 15) is 4.79 Å². The fourth-order valence-corrected chi connectivity index (χ4v) is 2.28. The molecule has 5 heteroatoms. The smallest absolute Gasteiger partial charge is 0.242 e. The quantitative estimate of drug-likeness (QED) is 0.791. The summed E-state index contributed by atoms with van der Waals surface area (Å²) in [5, 5.41) is 10.2. The SMILES string of the molecule is CNC(C(=O)NC(C)CC1CC1)c1cnn(C)c1. The lowest BCUT2D eigenvalue weighted by Gasteiger charge is -2.19. The minimum atomic E-state index is -0.319. The molecule has 2 atom stereocenters. The second-order valence-corrected chi connectivity index (χ2v) is 5.26. The molecule has 0 radical (unpaired) electrons. The number of likely N-dealkylation sites (N-methyl/N-ethyl adjacent to an activating group) is 1. The monoisotopic (exact) mass is 250 g/mol. The zero-order valence-electron chi connectivity index (χ0n) is 11.3. The molecule has 1 fully saturated rings. The molecule has 18 heavy (non-hydrogen) atoms. The third-order valence-corrected chi connectivity index (χ3v) is 3.38. The average molecular weight is 250 g/mol. The lowest BCUT2D eigenvalue weighted by Crippen LogP contribution is -2.40. The lowest BCUT2D eigenvalue weighted by molar-refractivity contribution is -0.123. The Kier molecular flexibility index (Phi) is 4.01. The summed E-state index contributed by atoms with van der Waals surface area (Å²) in [5.74, 6) is 0.852. The van der Waals surface area contributed by atoms with E-state index >= 15 is 0 Å². The zero-order chi connectivity index (χ0) is 13.1. The molecule has 1 saturated carbocycles. The van der Waals surface area contributed by atoms with Crippen LogP contribution in [0.1, 0.15) is 37.8 Å². The standard InChI is InChI=1S/C13H22N4O/c1-9(6-10-4-5-10)16-13(18)12(14-2)11-7-15-17(3)8-11/h7-10,12,14H,4-6H2,1-3H3,(H,16,18). The first kappa shape index (κ1) is 13.1. The van der Waals surface area contributed by atoms with Crippen molar-refractivity contribution < 1.29 is 4.79 Å². The molecule has 0 aromatic carbocycles. The maximum absolute atomic E-state index is 12.2. The highest BCUT2D eigenvalue weighted by molar-refractivity contribution is 5.83. The molecule has 1 amide bonds. The van der Waals surface area contributed by atoms with Gasteiger partial charge in [-0.2, -0.15) is 5.10 Å². The second kappa shape index (κ2) is 5.52. The molecule has 0 aliphatic heterocycles. The fraction of sp³-hybridized carbons (Fsp3) is 0.692. The van der Waals surface area contributed by atoms with Gasteiger partial charge in [-0.25, -0.2) is 0 Å². The van der Waals surface area contributed by atoms with Crippen LogP contribution in [-0.4, -0.2) is 28.8 Å². The molecule has 1 aliphatic rings. The highest BCUT2D eigenvalue weighted by atomic mass is 16.2. The van der Waals surface area contributed by atoms with Crippen LogP contribution in [0.4, 0.5) is 0 Å². The molecule has 1 aliphatic carbocycles. The van der Waals surface area contributed by atoms with Gasteiger partial charge in [0.25, 0.3) is 0 Å². The number of aromatic nitrogens is 2. The van der Waals surface area contributed by atoms with Crippen LogP contribution in [0, 0.1) is 5.92 Å². The predicted molar refractivity (Wildman–Crippen MR) is 70.0 cm³/mol. The van der Waals surface area contributed by atoms with Crippen LogP contribution in [0.3, 0.4) is 0 Å². The van der Waals surface area contributed by atoms with Gasteiger partial charge in [-0.15, -0.1) is 0 Å². The summed E-state index contributed by atoms with van der Waals surface area (Å²) < 4.78 is 1.71. The molecule has 0 spiro atoms. The van der Waals surface area contributed by atoms with Gasteiger partial charge >= 0.3 is 0 Å². The van der Waals surface area contributed by atoms with Crippen molar-refractivity contribution in [2.45, 2.75) is 38.3 Å². The summed E-state index contributed by atoms with van der Waals surface area (Å²) in [4.78, 5) is 12.2. The van der Waals surface area contributed by atoms with E-state index in [1.807, 2.05) is 13.2 Å². The van der Waals surface area contributed by atoms with Crippen LogP contribution in [0.2, 0.25) is 0 Å². The van der Waals surface area contributed by atoms with E-state index in [2.05, 4.69) is 22.7 Å². The average Bonchev–Trinajstić information content (AvgIpc) is 3.01. The van der Waals surface area contributed by atoms with Gasteiger partial charge in [0, 0.05) is 24.8 Å². The van der Waals surface area contributed by atoms with Crippen LogP contribution in [0.5, 0.6) is 0 Å². The largest absolute Gasteiger partial charge is 0.352 e. The Bertz CT molecular complexity index is 411. The Morgan fingerprint density at radius 3 is 2.83 bits per heavy atom. The maximum atomic E-state index is 12.2. The first-order valence-corrected chi connectivity index (χ1v) is 6.56. The molecule has 100 valence electrons. The lowest BCUT2D eigenvalue weighted by atomic mass is 10.1. The van der Waals surface area contributed by atoms with E-state index in [0.717, 1.165) is 17.9 Å². The third-order valence-electron chi connectivity index (χ3n) is 3.38. The van der Waals surface area contributed by atoms with Crippen molar-refractivity contribution in [3.63, 3.8) is 0 Å². The number of nitrogens with one attached hydrogen (secondary N) is 2. The summed E-state index contributed by atoms with van der Waals surface area (Å²) in [6.45, 7) is 2.08. The van der Waals surface area contributed by atoms with Crippen molar-refractivity contribution in [2.24, 2.45) is 13.0 Å². The first-order chi connectivity index (χ1) is 8.60. The van der Waals surface area contributed by atoms with Crippen LogP contribution >= 0.6 is 0 Å². The van der Waals surface area contributed by atoms with Crippen molar-refractivity contribution in [1.29, 1.82) is 0 Å². The molecule has 0 bridgehead atoms. The summed E-state index contributed by atoms with van der Waals surface area (Å²) >= 11 is 0. The fourth-order valence-electron chi connectivity index (χ4n) is 2.28. The molecular weight excluding hydrogens is 228 g/mol. The van der Waals surface area contributed by atoms with Crippen molar-refractivity contribution in [1.82, 2.24) is 20.4 Å². The van der Waals surface area contributed by atoms with E-state index in [1.54, 1.807) is 17.9 Å². The summed E-state index contributed by atoms with van der Waals surface area (Å²) in [6, 6.07) is -0.0714.